The number of hydrogen-bond donors (Lipinski definition) is 2. The lowest BCUT2D eigenvalue weighted by molar-refractivity contribution is 0.562. The Morgan fingerprint density at radius 1 is 1.19 bits per heavy atom. The summed E-state index contributed by atoms with van der Waals surface area (Å²) in [6.07, 6.45) is 2.02. The first-order valence-electron chi connectivity index (χ1n) is 7.22. The molecule has 1 rings (SSSR count). The van der Waals surface area contributed by atoms with Gasteiger partial charge in [0.25, 0.3) is 0 Å². The van der Waals surface area contributed by atoms with Gasteiger partial charge in [0, 0.05) is 12.6 Å². The maximum atomic E-state index is 12.2. The van der Waals surface area contributed by atoms with Crippen molar-refractivity contribution in [1.29, 1.82) is 0 Å². The van der Waals surface area contributed by atoms with E-state index < -0.39 is 10.0 Å². The smallest absolute Gasteiger partial charge is 0.240 e. The van der Waals surface area contributed by atoms with Gasteiger partial charge in [-0.25, -0.2) is 13.1 Å². The number of sulfonamides is 1. The van der Waals surface area contributed by atoms with Crippen LogP contribution < -0.4 is 10.0 Å². The molecule has 21 heavy (non-hydrogen) atoms. The molecule has 1 aromatic rings. The molecule has 0 saturated carbocycles. The number of rotatable bonds is 9. The van der Waals surface area contributed by atoms with Crippen molar-refractivity contribution in [3.8, 4) is 0 Å². The van der Waals surface area contributed by atoms with Crippen molar-refractivity contribution in [2.24, 2.45) is 5.92 Å². The molecule has 0 radical (unpaired) electrons. The van der Waals surface area contributed by atoms with Crippen molar-refractivity contribution in [3.63, 3.8) is 0 Å². The van der Waals surface area contributed by atoms with E-state index in [4.69, 9.17) is 0 Å². The lowest BCUT2D eigenvalue weighted by Gasteiger charge is -2.14. The molecule has 0 aliphatic heterocycles. The Hall–Kier alpha value is -0.560. The molecule has 0 fully saturated rings. The highest BCUT2D eigenvalue weighted by Crippen LogP contribution is 2.16. The van der Waals surface area contributed by atoms with Crippen LogP contribution in [-0.4, -0.2) is 33.5 Å². The van der Waals surface area contributed by atoms with E-state index in [1.54, 1.807) is 23.9 Å². The molecule has 6 heteroatoms. The Morgan fingerprint density at radius 2 is 1.81 bits per heavy atom. The monoisotopic (exact) mass is 330 g/mol. The SMILES string of the molecule is CCNC(C)c1ccc(S(=O)(=O)NCC(C)CSC)cc1. The molecule has 1 aromatic carbocycles. The summed E-state index contributed by atoms with van der Waals surface area (Å²) in [5.74, 6) is 1.27. The summed E-state index contributed by atoms with van der Waals surface area (Å²) in [5, 5.41) is 3.31. The number of thioether (sulfide) groups is 1. The van der Waals surface area contributed by atoms with Crippen LogP contribution in [0.4, 0.5) is 0 Å². The summed E-state index contributed by atoms with van der Waals surface area (Å²) in [6, 6.07) is 7.30. The summed E-state index contributed by atoms with van der Waals surface area (Å²) in [5.41, 5.74) is 1.09. The molecular weight excluding hydrogens is 304 g/mol. The summed E-state index contributed by atoms with van der Waals surface area (Å²) < 4.78 is 27.1. The minimum Gasteiger partial charge on any atom is -0.310 e. The van der Waals surface area contributed by atoms with Gasteiger partial charge >= 0.3 is 0 Å². The fourth-order valence-corrected chi connectivity index (χ4v) is 3.89. The zero-order valence-corrected chi connectivity index (χ0v) is 14.9. The topological polar surface area (TPSA) is 58.2 Å². The lowest BCUT2D eigenvalue weighted by atomic mass is 10.1. The highest BCUT2D eigenvalue weighted by atomic mass is 32.2. The Labute approximate surface area is 133 Å². The standard InChI is InChI=1S/C15H26N2O2S2/c1-5-16-13(3)14-6-8-15(9-7-14)21(18,19)17-10-12(2)11-20-4/h6-9,12-13,16-17H,5,10-11H2,1-4H3. The molecule has 0 heterocycles. The molecule has 0 amide bonds. The first kappa shape index (κ1) is 18.5. The van der Waals surface area contributed by atoms with Gasteiger partial charge in [-0.2, -0.15) is 11.8 Å². The third-order valence-electron chi connectivity index (χ3n) is 3.27. The average Bonchev–Trinajstić information content (AvgIpc) is 2.46. The van der Waals surface area contributed by atoms with E-state index in [1.165, 1.54) is 0 Å². The van der Waals surface area contributed by atoms with E-state index in [-0.39, 0.29) is 6.04 Å². The number of nitrogens with one attached hydrogen (secondary N) is 2. The summed E-state index contributed by atoms with van der Waals surface area (Å²) >= 11 is 1.72. The second kappa shape index (κ2) is 8.78. The maximum Gasteiger partial charge on any atom is 0.240 e. The zero-order chi connectivity index (χ0) is 15.9. The Balaban J connectivity index is 2.71. The first-order chi connectivity index (χ1) is 9.90. The molecule has 0 spiro atoms. The first-order valence-corrected chi connectivity index (χ1v) is 10.1. The van der Waals surface area contributed by atoms with Crippen LogP contribution in [0.15, 0.2) is 29.2 Å². The molecule has 120 valence electrons. The Bertz CT molecular complexity index is 515. The van der Waals surface area contributed by atoms with Gasteiger partial charge in [-0.05, 0) is 49.1 Å². The van der Waals surface area contributed by atoms with E-state index >= 15 is 0 Å². The third kappa shape index (κ3) is 5.98. The van der Waals surface area contributed by atoms with Gasteiger partial charge in [0.1, 0.15) is 0 Å². The summed E-state index contributed by atoms with van der Waals surface area (Å²) in [4.78, 5) is 0.325. The normalized spacial score (nSPS) is 14.9. The molecule has 2 unspecified atom stereocenters. The third-order valence-corrected chi connectivity index (χ3v) is 5.62. The maximum absolute atomic E-state index is 12.2. The van der Waals surface area contributed by atoms with Gasteiger partial charge in [0.2, 0.25) is 10.0 Å². The highest BCUT2D eigenvalue weighted by Gasteiger charge is 2.15. The van der Waals surface area contributed by atoms with Crippen molar-refractivity contribution in [3.05, 3.63) is 29.8 Å². The van der Waals surface area contributed by atoms with Gasteiger partial charge in [-0.15, -0.1) is 0 Å². The van der Waals surface area contributed by atoms with Crippen LogP contribution in [-0.2, 0) is 10.0 Å². The molecule has 0 bridgehead atoms. The molecule has 0 saturated heterocycles. The van der Waals surface area contributed by atoms with Gasteiger partial charge in [-0.3, -0.25) is 0 Å². The molecular formula is C15H26N2O2S2. The fraction of sp³-hybridized carbons (Fsp3) is 0.600. The Morgan fingerprint density at radius 3 is 2.33 bits per heavy atom. The second-order valence-electron chi connectivity index (χ2n) is 5.26. The van der Waals surface area contributed by atoms with Gasteiger partial charge < -0.3 is 5.32 Å². The lowest BCUT2D eigenvalue weighted by Crippen LogP contribution is -2.29. The molecule has 2 N–H and O–H groups in total. The molecule has 0 aromatic heterocycles. The van der Waals surface area contributed by atoms with Crippen molar-refractivity contribution < 1.29 is 8.42 Å². The molecule has 0 aliphatic carbocycles. The van der Waals surface area contributed by atoms with Crippen molar-refractivity contribution in [2.75, 3.05) is 25.1 Å². The number of hydrogen-bond acceptors (Lipinski definition) is 4. The van der Waals surface area contributed by atoms with E-state index in [9.17, 15) is 8.42 Å². The Kier molecular flexibility index (Phi) is 7.73. The van der Waals surface area contributed by atoms with Gasteiger partial charge in [0.05, 0.1) is 4.90 Å². The van der Waals surface area contributed by atoms with Crippen LogP contribution >= 0.6 is 11.8 Å². The predicted molar refractivity (Wildman–Crippen MR) is 91.3 cm³/mol. The van der Waals surface area contributed by atoms with E-state index in [0.717, 1.165) is 17.9 Å². The van der Waals surface area contributed by atoms with Crippen LogP contribution in [0, 0.1) is 5.92 Å². The predicted octanol–water partition coefficient (Wildman–Crippen LogP) is 2.63. The van der Waals surface area contributed by atoms with Crippen LogP contribution in [0.1, 0.15) is 32.4 Å². The van der Waals surface area contributed by atoms with Gasteiger partial charge in [0.15, 0.2) is 0 Å². The fourth-order valence-electron chi connectivity index (χ4n) is 2.04. The van der Waals surface area contributed by atoms with Gasteiger partial charge in [-0.1, -0.05) is 26.0 Å². The summed E-state index contributed by atoms with van der Waals surface area (Å²) in [6.45, 7) is 7.51. The molecule has 2 atom stereocenters. The zero-order valence-electron chi connectivity index (χ0n) is 13.2. The van der Waals surface area contributed by atoms with E-state index in [2.05, 4.69) is 23.9 Å². The van der Waals surface area contributed by atoms with E-state index in [1.807, 2.05) is 25.3 Å². The van der Waals surface area contributed by atoms with Crippen molar-refractivity contribution >= 4 is 21.8 Å². The molecule has 4 nitrogen and oxygen atoms in total. The number of benzene rings is 1. The quantitative estimate of drug-likeness (QED) is 0.731. The largest absolute Gasteiger partial charge is 0.310 e. The van der Waals surface area contributed by atoms with Crippen LogP contribution in [0.3, 0.4) is 0 Å². The van der Waals surface area contributed by atoms with E-state index in [0.29, 0.717) is 17.4 Å². The average molecular weight is 331 g/mol. The van der Waals surface area contributed by atoms with Crippen molar-refractivity contribution in [1.82, 2.24) is 10.0 Å². The summed E-state index contributed by atoms with van der Waals surface area (Å²) in [7, 11) is -3.41. The molecule has 0 aliphatic rings. The highest BCUT2D eigenvalue weighted by molar-refractivity contribution is 7.98. The second-order valence-corrected chi connectivity index (χ2v) is 7.94. The van der Waals surface area contributed by atoms with Crippen LogP contribution in [0.5, 0.6) is 0 Å². The minimum absolute atomic E-state index is 0.223. The van der Waals surface area contributed by atoms with Crippen LogP contribution in [0.2, 0.25) is 0 Å². The minimum atomic E-state index is -3.41. The van der Waals surface area contributed by atoms with Crippen molar-refractivity contribution in [2.45, 2.75) is 31.7 Å². The van der Waals surface area contributed by atoms with Crippen LogP contribution in [0.25, 0.3) is 0 Å².